The SMILES string of the molecule is COc1ccc(OC)c(-n2c(SCCOc3c(Cl)cccc3Cl)nc3ccccc3c2=O)c1. The largest absolute Gasteiger partial charge is 0.497 e. The van der Waals surface area contributed by atoms with E-state index in [0.717, 1.165) is 0 Å². The zero-order chi connectivity index (χ0) is 23.4. The Balaban J connectivity index is 1.71. The lowest BCUT2D eigenvalue weighted by molar-refractivity contribution is 0.344. The maximum absolute atomic E-state index is 13.5. The lowest BCUT2D eigenvalue weighted by atomic mass is 10.2. The van der Waals surface area contributed by atoms with Crippen LogP contribution in [0.3, 0.4) is 0 Å². The topological polar surface area (TPSA) is 62.6 Å². The Morgan fingerprint density at radius 1 is 0.970 bits per heavy atom. The number of methoxy groups -OCH3 is 2. The highest BCUT2D eigenvalue weighted by Gasteiger charge is 2.17. The van der Waals surface area contributed by atoms with Gasteiger partial charge >= 0.3 is 0 Å². The normalized spacial score (nSPS) is 10.9. The molecule has 4 aromatic rings. The minimum atomic E-state index is -0.204. The molecule has 0 aliphatic carbocycles. The van der Waals surface area contributed by atoms with E-state index in [9.17, 15) is 4.79 Å². The van der Waals surface area contributed by atoms with Crippen molar-refractivity contribution in [1.82, 2.24) is 9.55 Å². The van der Waals surface area contributed by atoms with E-state index >= 15 is 0 Å². The molecule has 0 aliphatic rings. The minimum absolute atomic E-state index is 0.204. The van der Waals surface area contributed by atoms with Crippen LogP contribution in [-0.2, 0) is 0 Å². The summed E-state index contributed by atoms with van der Waals surface area (Å²) in [4.78, 5) is 18.3. The van der Waals surface area contributed by atoms with Gasteiger partial charge in [-0.25, -0.2) is 4.98 Å². The van der Waals surface area contributed by atoms with Gasteiger partial charge in [0.25, 0.3) is 5.56 Å². The summed E-state index contributed by atoms with van der Waals surface area (Å²) in [5.41, 5.74) is 0.945. The van der Waals surface area contributed by atoms with E-state index in [-0.39, 0.29) is 5.56 Å². The van der Waals surface area contributed by atoms with Crippen molar-refractivity contribution in [2.45, 2.75) is 5.16 Å². The third-order valence-corrected chi connectivity index (χ3v) is 6.35. The Bertz CT molecular complexity index is 1340. The van der Waals surface area contributed by atoms with Crippen LogP contribution in [0.4, 0.5) is 0 Å². The van der Waals surface area contributed by atoms with Gasteiger partial charge in [0.2, 0.25) is 0 Å². The number of aromatic nitrogens is 2. The molecule has 0 bridgehead atoms. The fourth-order valence-electron chi connectivity index (χ4n) is 3.29. The fraction of sp³-hybridized carbons (Fsp3) is 0.167. The summed E-state index contributed by atoms with van der Waals surface area (Å²) in [6, 6.07) is 17.7. The number of halogens is 2. The molecule has 1 heterocycles. The average Bonchev–Trinajstić information content (AvgIpc) is 2.83. The Morgan fingerprint density at radius 2 is 1.73 bits per heavy atom. The van der Waals surface area contributed by atoms with Crippen molar-refractivity contribution < 1.29 is 14.2 Å². The number of rotatable bonds is 8. The number of thioether (sulfide) groups is 1. The highest BCUT2D eigenvalue weighted by atomic mass is 35.5. The second-order valence-corrected chi connectivity index (χ2v) is 8.71. The average molecular weight is 503 g/mol. The van der Waals surface area contributed by atoms with Crippen molar-refractivity contribution in [2.24, 2.45) is 0 Å². The van der Waals surface area contributed by atoms with Crippen LogP contribution in [0.5, 0.6) is 17.2 Å². The third kappa shape index (κ3) is 4.90. The Kier molecular flexibility index (Phi) is 7.33. The molecule has 4 rings (SSSR count). The standard InChI is InChI=1S/C24H20Cl2N2O4S/c1-30-15-10-11-21(31-2)20(14-15)28-23(29)16-6-3-4-9-19(16)27-24(28)33-13-12-32-22-17(25)7-5-8-18(22)26/h3-11,14H,12-13H2,1-2H3. The molecule has 1 aromatic heterocycles. The van der Waals surface area contributed by atoms with Crippen molar-refractivity contribution in [3.8, 4) is 22.9 Å². The second-order valence-electron chi connectivity index (χ2n) is 6.84. The van der Waals surface area contributed by atoms with E-state index in [1.54, 1.807) is 56.7 Å². The lowest BCUT2D eigenvalue weighted by Gasteiger charge is -2.17. The van der Waals surface area contributed by atoms with Gasteiger partial charge in [-0.05, 0) is 36.4 Å². The highest BCUT2D eigenvalue weighted by molar-refractivity contribution is 7.99. The summed E-state index contributed by atoms with van der Waals surface area (Å²) in [6.07, 6.45) is 0. The molecular weight excluding hydrogens is 483 g/mol. The molecule has 0 radical (unpaired) electrons. The first-order valence-corrected chi connectivity index (χ1v) is 11.7. The zero-order valence-electron chi connectivity index (χ0n) is 17.9. The van der Waals surface area contributed by atoms with Gasteiger partial charge in [0.05, 0.1) is 47.5 Å². The Morgan fingerprint density at radius 3 is 2.45 bits per heavy atom. The molecule has 0 amide bonds. The minimum Gasteiger partial charge on any atom is -0.497 e. The molecule has 0 aliphatic heterocycles. The number of benzene rings is 3. The van der Waals surface area contributed by atoms with E-state index < -0.39 is 0 Å². The molecule has 0 saturated carbocycles. The molecule has 0 fully saturated rings. The Labute approximate surface area is 205 Å². The predicted molar refractivity (Wildman–Crippen MR) is 133 cm³/mol. The van der Waals surface area contributed by atoms with Crippen LogP contribution in [0.2, 0.25) is 10.0 Å². The van der Waals surface area contributed by atoms with Crippen molar-refractivity contribution in [2.75, 3.05) is 26.6 Å². The monoisotopic (exact) mass is 502 g/mol. The number of fused-ring (bicyclic) bond motifs is 1. The maximum atomic E-state index is 13.5. The van der Waals surface area contributed by atoms with Crippen molar-refractivity contribution in [3.63, 3.8) is 0 Å². The third-order valence-electron chi connectivity index (χ3n) is 4.85. The van der Waals surface area contributed by atoms with Gasteiger partial charge in [-0.3, -0.25) is 9.36 Å². The molecule has 6 nitrogen and oxygen atoms in total. The molecule has 3 aromatic carbocycles. The second kappa shape index (κ2) is 10.4. The lowest BCUT2D eigenvalue weighted by Crippen LogP contribution is -2.22. The van der Waals surface area contributed by atoms with Crippen molar-refractivity contribution in [1.29, 1.82) is 0 Å². The fourth-order valence-corrected chi connectivity index (χ4v) is 4.62. The number of para-hydroxylation sites is 2. The van der Waals surface area contributed by atoms with E-state index in [1.165, 1.54) is 16.3 Å². The number of hydrogen-bond donors (Lipinski definition) is 0. The highest BCUT2D eigenvalue weighted by Crippen LogP contribution is 2.33. The van der Waals surface area contributed by atoms with E-state index in [0.29, 0.717) is 61.4 Å². The van der Waals surface area contributed by atoms with Gasteiger partial charge in [-0.2, -0.15) is 0 Å². The van der Waals surface area contributed by atoms with Crippen LogP contribution < -0.4 is 19.8 Å². The zero-order valence-corrected chi connectivity index (χ0v) is 20.2. The molecule has 0 spiro atoms. The molecule has 170 valence electrons. The summed E-state index contributed by atoms with van der Waals surface area (Å²) in [7, 11) is 3.12. The summed E-state index contributed by atoms with van der Waals surface area (Å²) >= 11 is 13.7. The molecule has 9 heteroatoms. The van der Waals surface area contributed by atoms with Gasteiger partial charge in [0.15, 0.2) is 10.9 Å². The van der Waals surface area contributed by atoms with E-state index in [2.05, 4.69) is 0 Å². The number of nitrogens with zero attached hydrogens (tertiary/aromatic N) is 2. The summed E-state index contributed by atoms with van der Waals surface area (Å²) in [6.45, 7) is 0.312. The summed E-state index contributed by atoms with van der Waals surface area (Å²) < 4.78 is 18.2. The number of ether oxygens (including phenoxy) is 3. The predicted octanol–water partition coefficient (Wildman–Crippen LogP) is 5.88. The van der Waals surface area contributed by atoms with Crippen LogP contribution in [0.25, 0.3) is 16.6 Å². The maximum Gasteiger partial charge on any atom is 0.266 e. The van der Waals surface area contributed by atoms with Crippen LogP contribution in [-0.4, -0.2) is 36.1 Å². The molecule has 0 atom stereocenters. The van der Waals surface area contributed by atoms with Crippen LogP contribution in [0, 0.1) is 0 Å². The van der Waals surface area contributed by atoms with Gasteiger partial charge < -0.3 is 14.2 Å². The quantitative estimate of drug-likeness (QED) is 0.170. The molecule has 0 unspecified atom stereocenters. The van der Waals surface area contributed by atoms with Crippen LogP contribution in [0.15, 0.2) is 70.6 Å². The van der Waals surface area contributed by atoms with Crippen LogP contribution in [0.1, 0.15) is 0 Å². The van der Waals surface area contributed by atoms with Gasteiger partial charge in [-0.1, -0.05) is 53.2 Å². The van der Waals surface area contributed by atoms with Crippen molar-refractivity contribution in [3.05, 3.63) is 81.1 Å². The first-order valence-electron chi connectivity index (χ1n) is 9.97. The van der Waals surface area contributed by atoms with Crippen molar-refractivity contribution >= 4 is 45.9 Å². The van der Waals surface area contributed by atoms with Gasteiger partial charge in [0, 0.05) is 11.8 Å². The van der Waals surface area contributed by atoms with Gasteiger partial charge in [0.1, 0.15) is 11.5 Å². The van der Waals surface area contributed by atoms with Crippen LogP contribution >= 0.6 is 35.0 Å². The Hall–Kier alpha value is -2.87. The van der Waals surface area contributed by atoms with E-state index in [1.807, 2.05) is 18.2 Å². The molecular formula is C24H20Cl2N2O4S. The summed E-state index contributed by atoms with van der Waals surface area (Å²) in [5, 5.41) is 1.88. The molecule has 0 N–H and O–H groups in total. The smallest absolute Gasteiger partial charge is 0.266 e. The summed E-state index contributed by atoms with van der Waals surface area (Å²) in [5.74, 6) is 2.05. The van der Waals surface area contributed by atoms with Gasteiger partial charge in [-0.15, -0.1) is 0 Å². The molecule has 33 heavy (non-hydrogen) atoms. The first-order chi connectivity index (χ1) is 16.0. The van der Waals surface area contributed by atoms with E-state index in [4.69, 9.17) is 42.4 Å². The number of hydrogen-bond acceptors (Lipinski definition) is 6. The first kappa shape index (κ1) is 23.3. The molecule has 0 saturated heterocycles.